The van der Waals surface area contributed by atoms with Gasteiger partial charge in [0.25, 0.3) is 5.91 Å². The van der Waals surface area contributed by atoms with E-state index in [0.29, 0.717) is 23.6 Å². The van der Waals surface area contributed by atoms with Gasteiger partial charge in [0.15, 0.2) is 11.6 Å². The van der Waals surface area contributed by atoms with E-state index in [0.717, 1.165) is 44.3 Å². The van der Waals surface area contributed by atoms with Crippen molar-refractivity contribution in [2.75, 3.05) is 10.6 Å². The van der Waals surface area contributed by atoms with E-state index in [1.807, 2.05) is 0 Å². The summed E-state index contributed by atoms with van der Waals surface area (Å²) in [6.45, 7) is 0. The summed E-state index contributed by atoms with van der Waals surface area (Å²) < 4.78 is 27.0. The Balaban J connectivity index is 1.47. The van der Waals surface area contributed by atoms with E-state index in [9.17, 15) is 18.4 Å². The molecule has 176 valence electrons. The zero-order valence-corrected chi connectivity index (χ0v) is 18.3. The van der Waals surface area contributed by atoms with Gasteiger partial charge in [-0.2, -0.15) is 0 Å². The average molecular weight is 466 g/mol. The van der Waals surface area contributed by atoms with E-state index in [-0.39, 0.29) is 11.6 Å². The lowest BCUT2D eigenvalue weighted by Gasteiger charge is -2.21. The fourth-order valence-electron chi connectivity index (χ4n) is 4.00. The number of hydrogen-bond acceptors (Lipinski definition) is 6. The van der Waals surface area contributed by atoms with Gasteiger partial charge in [0.2, 0.25) is 11.9 Å². The third-order valence-corrected chi connectivity index (χ3v) is 5.70. The van der Waals surface area contributed by atoms with Crippen LogP contribution in [0.2, 0.25) is 0 Å². The fourth-order valence-corrected chi connectivity index (χ4v) is 4.00. The van der Waals surface area contributed by atoms with E-state index in [2.05, 4.69) is 30.9 Å². The van der Waals surface area contributed by atoms with Crippen molar-refractivity contribution in [2.24, 2.45) is 5.92 Å². The number of benzene rings is 1. The highest BCUT2D eigenvalue weighted by molar-refractivity contribution is 6.01. The number of anilines is 3. The molecular formula is C24H24F2N6O2. The number of nitrogens with zero attached hydrogens (tertiary/aromatic N) is 3. The maximum atomic E-state index is 13.9. The molecule has 2 aromatic heterocycles. The van der Waals surface area contributed by atoms with E-state index >= 15 is 0 Å². The molecule has 1 aromatic carbocycles. The lowest BCUT2D eigenvalue weighted by molar-refractivity contribution is -0.118. The Kier molecular flexibility index (Phi) is 7.36. The zero-order chi connectivity index (χ0) is 23.9. The average Bonchev–Trinajstić information content (AvgIpc) is 3.35. The molecule has 0 spiro atoms. The Morgan fingerprint density at radius 2 is 1.82 bits per heavy atom. The van der Waals surface area contributed by atoms with Crippen LogP contribution >= 0.6 is 0 Å². The molecular weight excluding hydrogens is 442 g/mol. The second-order valence-corrected chi connectivity index (χ2v) is 8.19. The predicted molar refractivity (Wildman–Crippen MR) is 122 cm³/mol. The molecule has 4 rings (SSSR count). The molecule has 10 heteroatoms. The standard InChI is InChI=1S/C24H24F2N6O2/c25-17-12-28-24(29-13-17)32-23(34)21(10-15-4-1-2-5-15)31-22(33)16-6-3-7-18(11-16)30-20-8-9-27-14-19(20)26/h3,6-9,11-15,21H,1-2,4-5,10H2,(H,27,30)(H,31,33)(H,28,29,32,34)/t21-/m0/s1. The molecule has 1 aliphatic carbocycles. The topological polar surface area (TPSA) is 109 Å². The summed E-state index contributed by atoms with van der Waals surface area (Å²) in [6.07, 6.45) is 9.09. The van der Waals surface area contributed by atoms with Gasteiger partial charge in [0.1, 0.15) is 6.04 Å². The minimum absolute atomic E-state index is 0.0392. The molecule has 34 heavy (non-hydrogen) atoms. The lowest BCUT2D eigenvalue weighted by atomic mass is 9.97. The lowest BCUT2D eigenvalue weighted by Crippen LogP contribution is -2.45. The van der Waals surface area contributed by atoms with Crippen molar-refractivity contribution in [3.63, 3.8) is 0 Å². The van der Waals surface area contributed by atoms with Crippen LogP contribution in [0, 0.1) is 17.6 Å². The van der Waals surface area contributed by atoms with Crippen molar-refractivity contribution in [3.05, 3.63) is 72.3 Å². The number of hydrogen-bond donors (Lipinski definition) is 3. The molecule has 1 atom stereocenters. The number of pyridine rings is 1. The van der Waals surface area contributed by atoms with Gasteiger partial charge in [0.05, 0.1) is 24.3 Å². The summed E-state index contributed by atoms with van der Waals surface area (Å²) >= 11 is 0. The largest absolute Gasteiger partial charge is 0.353 e. The van der Waals surface area contributed by atoms with Crippen LogP contribution in [-0.4, -0.2) is 32.8 Å². The van der Waals surface area contributed by atoms with Gasteiger partial charge in [-0.25, -0.2) is 18.7 Å². The van der Waals surface area contributed by atoms with Crippen molar-refractivity contribution in [1.29, 1.82) is 0 Å². The number of rotatable bonds is 8. The van der Waals surface area contributed by atoms with Gasteiger partial charge in [0, 0.05) is 17.4 Å². The van der Waals surface area contributed by atoms with E-state index < -0.39 is 29.5 Å². The highest BCUT2D eigenvalue weighted by atomic mass is 19.1. The van der Waals surface area contributed by atoms with E-state index in [1.165, 1.54) is 12.3 Å². The van der Waals surface area contributed by atoms with Crippen molar-refractivity contribution in [3.8, 4) is 0 Å². The fraction of sp³-hybridized carbons (Fsp3) is 0.292. The van der Waals surface area contributed by atoms with Crippen LogP contribution < -0.4 is 16.0 Å². The second kappa shape index (κ2) is 10.8. The quantitative estimate of drug-likeness (QED) is 0.459. The Bertz CT molecular complexity index is 1150. The van der Waals surface area contributed by atoms with Gasteiger partial charge in [-0.1, -0.05) is 31.7 Å². The molecule has 1 saturated carbocycles. The van der Waals surface area contributed by atoms with Gasteiger partial charge in [-0.15, -0.1) is 0 Å². The number of nitrogens with one attached hydrogen (secondary N) is 3. The first-order chi connectivity index (χ1) is 16.5. The van der Waals surface area contributed by atoms with Crippen LogP contribution in [0.4, 0.5) is 26.1 Å². The molecule has 0 aliphatic heterocycles. The van der Waals surface area contributed by atoms with Crippen LogP contribution in [0.1, 0.15) is 42.5 Å². The Morgan fingerprint density at radius 3 is 2.56 bits per heavy atom. The van der Waals surface area contributed by atoms with Gasteiger partial charge in [-0.3, -0.25) is 19.9 Å². The number of aromatic nitrogens is 3. The SMILES string of the molecule is O=C(N[C@@H](CC1CCCC1)C(=O)Nc1ncc(F)cn1)c1cccc(Nc2ccncc2F)c1. The molecule has 0 unspecified atom stereocenters. The summed E-state index contributed by atoms with van der Waals surface area (Å²) in [6, 6.07) is 7.21. The van der Waals surface area contributed by atoms with Crippen LogP contribution in [0.3, 0.4) is 0 Å². The Morgan fingerprint density at radius 1 is 1.06 bits per heavy atom. The number of amides is 2. The van der Waals surface area contributed by atoms with Gasteiger partial charge in [-0.05, 0) is 36.6 Å². The summed E-state index contributed by atoms with van der Waals surface area (Å²) in [7, 11) is 0. The van der Waals surface area contributed by atoms with Crippen LogP contribution in [0.25, 0.3) is 0 Å². The Hall–Kier alpha value is -3.95. The monoisotopic (exact) mass is 466 g/mol. The van der Waals surface area contributed by atoms with E-state index in [1.54, 1.807) is 24.3 Å². The summed E-state index contributed by atoms with van der Waals surface area (Å²) in [5.41, 5.74) is 1.04. The molecule has 1 aliphatic rings. The molecule has 2 amide bonds. The molecule has 0 radical (unpaired) electrons. The molecule has 0 bridgehead atoms. The first kappa shape index (κ1) is 23.2. The summed E-state index contributed by atoms with van der Waals surface area (Å²) in [5.74, 6) is -1.78. The minimum Gasteiger partial charge on any atom is -0.353 e. The molecule has 0 saturated heterocycles. The Labute approximate surface area is 195 Å². The molecule has 3 aromatic rings. The predicted octanol–water partition coefficient (Wildman–Crippen LogP) is 4.21. The van der Waals surface area contributed by atoms with Crippen LogP contribution in [0.5, 0.6) is 0 Å². The highest BCUT2D eigenvalue weighted by Gasteiger charge is 2.27. The van der Waals surface area contributed by atoms with Crippen molar-refractivity contribution in [1.82, 2.24) is 20.3 Å². The maximum absolute atomic E-state index is 13.9. The third-order valence-electron chi connectivity index (χ3n) is 5.70. The normalized spacial score (nSPS) is 14.4. The molecule has 2 heterocycles. The number of halogens is 2. The molecule has 3 N–H and O–H groups in total. The third kappa shape index (κ3) is 6.09. The first-order valence-electron chi connectivity index (χ1n) is 11.0. The van der Waals surface area contributed by atoms with Gasteiger partial charge >= 0.3 is 0 Å². The smallest absolute Gasteiger partial charge is 0.252 e. The van der Waals surface area contributed by atoms with Gasteiger partial charge < -0.3 is 10.6 Å². The zero-order valence-electron chi connectivity index (χ0n) is 18.3. The van der Waals surface area contributed by atoms with Crippen LogP contribution in [-0.2, 0) is 4.79 Å². The highest BCUT2D eigenvalue weighted by Crippen LogP contribution is 2.29. The minimum atomic E-state index is -0.821. The van der Waals surface area contributed by atoms with E-state index in [4.69, 9.17) is 0 Å². The van der Waals surface area contributed by atoms with Crippen molar-refractivity contribution < 1.29 is 18.4 Å². The van der Waals surface area contributed by atoms with Crippen LogP contribution in [0.15, 0.2) is 55.1 Å². The molecule has 1 fully saturated rings. The van der Waals surface area contributed by atoms with Crippen molar-refractivity contribution in [2.45, 2.75) is 38.1 Å². The molecule has 8 nitrogen and oxygen atoms in total. The summed E-state index contributed by atoms with van der Waals surface area (Å²) in [4.78, 5) is 37.2. The second-order valence-electron chi connectivity index (χ2n) is 8.19. The van der Waals surface area contributed by atoms with Crippen molar-refractivity contribution >= 4 is 29.1 Å². The number of carbonyl (C=O) groups is 2. The first-order valence-corrected chi connectivity index (χ1v) is 11.0. The number of carbonyl (C=O) groups excluding carboxylic acids is 2. The summed E-state index contributed by atoms with van der Waals surface area (Å²) in [5, 5.41) is 8.27. The maximum Gasteiger partial charge on any atom is 0.252 e.